The zero-order valence-corrected chi connectivity index (χ0v) is 11.8. The van der Waals surface area contributed by atoms with Crippen LogP contribution in [0.15, 0.2) is 36.7 Å². The highest BCUT2D eigenvalue weighted by Gasteiger charge is 2.33. The maximum Gasteiger partial charge on any atom is 0.107 e. The Morgan fingerprint density at radius 2 is 1.94 bits per heavy atom. The van der Waals surface area contributed by atoms with Gasteiger partial charge in [0, 0.05) is 32.4 Å². The second-order valence-electron chi connectivity index (χ2n) is 5.54. The van der Waals surface area contributed by atoms with Gasteiger partial charge >= 0.3 is 0 Å². The fourth-order valence-electron chi connectivity index (χ4n) is 3.29. The van der Waals surface area contributed by atoms with Crippen LogP contribution in [0.5, 0.6) is 0 Å². The van der Waals surface area contributed by atoms with Gasteiger partial charge in [0.1, 0.15) is 6.17 Å². The zero-order chi connectivity index (χ0) is 13.0. The van der Waals surface area contributed by atoms with E-state index < -0.39 is 0 Å². The van der Waals surface area contributed by atoms with Gasteiger partial charge in [-0.2, -0.15) is 0 Å². The van der Waals surface area contributed by atoms with Crippen LogP contribution < -0.4 is 0 Å². The molecule has 1 fully saturated rings. The first-order valence-electron chi connectivity index (χ1n) is 7.16. The van der Waals surface area contributed by atoms with Gasteiger partial charge in [0.25, 0.3) is 0 Å². The summed E-state index contributed by atoms with van der Waals surface area (Å²) < 4.78 is 0. The van der Waals surface area contributed by atoms with Crippen molar-refractivity contribution in [2.24, 2.45) is 5.92 Å². The summed E-state index contributed by atoms with van der Waals surface area (Å²) in [7, 11) is 4.39. The van der Waals surface area contributed by atoms with Crippen LogP contribution in [0.25, 0.3) is 0 Å². The molecule has 0 aromatic heterocycles. The molecular weight excluding hydrogens is 220 g/mol. The summed E-state index contributed by atoms with van der Waals surface area (Å²) in [6.07, 6.45) is 17.0. The summed E-state index contributed by atoms with van der Waals surface area (Å²) in [5.41, 5.74) is 1.68. The summed E-state index contributed by atoms with van der Waals surface area (Å²) >= 11 is 0. The van der Waals surface area contributed by atoms with Crippen molar-refractivity contribution in [1.29, 1.82) is 0 Å². The first-order chi connectivity index (χ1) is 8.74. The van der Waals surface area contributed by atoms with E-state index in [4.69, 9.17) is 0 Å². The quantitative estimate of drug-likeness (QED) is 0.551. The number of hydrogen-bond acceptors (Lipinski definition) is 2. The Morgan fingerprint density at radius 1 is 1.22 bits per heavy atom. The summed E-state index contributed by atoms with van der Waals surface area (Å²) in [6, 6.07) is 0. The van der Waals surface area contributed by atoms with E-state index in [0.29, 0.717) is 12.1 Å². The maximum absolute atomic E-state index is 3.81. The number of hydrogen-bond donors (Lipinski definition) is 0. The minimum absolute atomic E-state index is 0.528. The first-order valence-corrected chi connectivity index (χ1v) is 7.16. The molecule has 2 rings (SSSR count). The van der Waals surface area contributed by atoms with Crippen molar-refractivity contribution in [3.8, 4) is 0 Å². The van der Waals surface area contributed by atoms with Crippen LogP contribution in [0.3, 0.4) is 0 Å². The molecule has 1 saturated carbocycles. The molecule has 2 heteroatoms. The van der Waals surface area contributed by atoms with Crippen LogP contribution in [0.4, 0.5) is 0 Å². The van der Waals surface area contributed by atoms with E-state index in [1.165, 1.54) is 25.7 Å². The fraction of sp³-hybridized carbons (Fsp3) is 0.625. The summed E-state index contributed by atoms with van der Waals surface area (Å²) in [6.45, 7) is 3.81. The zero-order valence-electron chi connectivity index (χ0n) is 11.8. The lowest BCUT2D eigenvalue weighted by Gasteiger charge is -2.38. The molecule has 100 valence electrons. The van der Waals surface area contributed by atoms with Crippen molar-refractivity contribution < 1.29 is 0 Å². The molecule has 1 aliphatic heterocycles. The average Bonchev–Trinajstić information content (AvgIpc) is 2.70. The fourth-order valence-corrected chi connectivity index (χ4v) is 3.29. The third kappa shape index (κ3) is 2.80. The predicted octanol–water partition coefficient (Wildman–Crippen LogP) is 3.74. The van der Waals surface area contributed by atoms with Crippen molar-refractivity contribution in [2.45, 2.75) is 44.7 Å². The number of unbranched alkanes of at least 4 members (excludes halogenated alkanes) is 1. The van der Waals surface area contributed by atoms with Crippen molar-refractivity contribution in [3.63, 3.8) is 0 Å². The minimum Gasteiger partial charge on any atom is -0.359 e. The number of rotatable bonds is 4. The summed E-state index contributed by atoms with van der Waals surface area (Å²) in [5, 5.41) is 0. The van der Waals surface area contributed by atoms with Gasteiger partial charge in [-0.15, -0.1) is 6.58 Å². The van der Waals surface area contributed by atoms with Gasteiger partial charge in [0.15, 0.2) is 0 Å². The second-order valence-corrected chi connectivity index (χ2v) is 5.54. The van der Waals surface area contributed by atoms with E-state index in [-0.39, 0.29) is 0 Å². The smallest absolute Gasteiger partial charge is 0.107 e. The van der Waals surface area contributed by atoms with Crippen LogP contribution in [-0.4, -0.2) is 30.1 Å². The topological polar surface area (TPSA) is 6.48 Å². The third-order valence-corrected chi connectivity index (χ3v) is 4.22. The Balaban J connectivity index is 2.07. The molecule has 0 bridgehead atoms. The normalized spacial score (nSPS) is 27.2. The Morgan fingerprint density at radius 3 is 2.61 bits per heavy atom. The highest BCUT2D eigenvalue weighted by atomic mass is 15.4. The lowest BCUT2D eigenvalue weighted by atomic mass is 9.81. The van der Waals surface area contributed by atoms with Gasteiger partial charge in [-0.3, -0.25) is 0 Å². The van der Waals surface area contributed by atoms with Gasteiger partial charge in [-0.1, -0.05) is 24.1 Å². The van der Waals surface area contributed by atoms with Gasteiger partial charge in [-0.25, -0.2) is 0 Å². The molecule has 0 amide bonds. The molecule has 2 aliphatic rings. The molecule has 1 aliphatic carbocycles. The standard InChI is InChI=1S/C16H26N2/c1-4-5-6-9-14-10-7-8-11-15(14)16-17(2)12-13-18(16)3/h4,9,12-13,15-16H,1,5-8,10-11H2,2-3H3/b14-9+/t15-/m0/s1. The molecule has 0 spiro atoms. The van der Waals surface area contributed by atoms with E-state index in [1.807, 2.05) is 6.08 Å². The van der Waals surface area contributed by atoms with Gasteiger partial charge in [0.05, 0.1) is 0 Å². The van der Waals surface area contributed by atoms with Crippen LogP contribution >= 0.6 is 0 Å². The van der Waals surface area contributed by atoms with Crippen LogP contribution in [0, 0.1) is 5.92 Å². The van der Waals surface area contributed by atoms with Crippen LogP contribution in [0.2, 0.25) is 0 Å². The van der Waals surface area contributed by atoms with E-state index in [0.717, 1.165) is 12.8 Å². The van der Waals surface area contributed by atoms with Crippen LogP contribution in [-0.2, 0) is 0 Å². The van der Waals surface area contributed by atoms with Gasteiger partial charge in [-0.05, 0) is 32.1 Å². The molecule has 2 nitrogen and oxygen atoms in total. The van der Waals surface area contributed by atoms with Crippen molar-refractivity contribution in [2.75, 3.05) is 14.1 Å². The van der Waals surface area contributed by atoms with Crippen LogP contribution in [0.1, 0.15) is 38.5 Å². The van der Waals surface area contributed by atoms with Crippen molar-refractivity contribution in [3.05, 3.63) is 36.7 Å². The highest BCUT2D eigenvalue weighted by molar-refractivity contribution is 5.15. The Hall–Kier alpha value is -1.18. The Bertz CT molecular complexity index is 331. The Kier molecular flexibility index (Phi) is 4.51. The molecular formula is C16H26N2. The largest absolute Gasteiger partial charge is 0.359 e. The first kappa shape index (κ1) is 13.3. The van der Waals surface area contributed by atoms with Crippen molar-refractivity contribution in [1.82, 2.24) is 9.80 Å². The molecule has 1 heterocycles. The molecule has 1 atom stereocenters. The second kappa shape index (κ2) is 6.12. The van der Waals surface area contributed by atoms with E-state index in [9.17, 15) is 0 Å². The molecule has 0 unspecified atom stereocenters. The Labute approximate surface area is 112 Å². The molecule has 0 radical (unpaired) electrons. The lowest BCUT2D eigenvalue weighted by molar-refractivity contribution is 0.132. The van der Waals surface area contributed by atoms with E-state index in [1.54, 1.807) is 5.57 Å². The summed E-state index contributed by atoms with van der Waals surface area (Å²) in [5.74, 6) is 0.702. The third-order valence-electron chi connectivity index (χ3n) is 4.22. The number of nitrogens with zero attached hydrogens (tertiary/aromatic N) is 2. The number of allylic oxidation sites excluding steroid dienone is 2. The molecule has 0 N–H and O–H groups in total. The molecule has 0 saturated heterocycles. The SMILES string of the molecule is C=CCC/C=C1\CCCC[C@@H]1C1N(C)C=CN1C. The van der Waals surface area contributed by atoms with Crippen molar-refractivity contribution >= 4 is 0 Å². The average molecular weight is 246 g/mol. The highest BCUT2D eigenvalue weighted by Crippen LogP contribution is 2.36. The van der Waals surface area contributed by atoms with E-state index in [2.05, 4.69) is 49.0 Å². The molecule has 0 aromatic rings. The monoisotopic (exact) mass is 246 g/mol. The predicted molar refractivity (Wildman–Crippen MR) is 77.9 cm³/mol. The summed E-state index contributed by atoms with van der Waals surface area (Å²) in [4.78, 5) is 4.72. The van der Waals surface area contributed by atoms with Gasteiger partial charge < -0.3 is 9.80 Å². The lowest BCUT2D eigenvalue weighted by Crippen LogP contribution is -2.42. The molecule has 0 aromatic carbocycles. The maximum atomic E-state index is 3.81. The molecule has 18 heavy (non-hydrogen) atoms. The van der Waals surface area contributed by atoms with E-state index >= 15 is 0 Å². The minimum atomic E-state index is 0.528. The van der Waals surface area contributed by atoms with Gasteiger partial charge in [0.2, 0.25) is 0 Å².